The number of hydrogen-bond acceptors (Lipinski definition) is 2. The van der Waals surface area contributed by atoms with Crippen LogP contribution in [0.4, 0.5) is 0 Å². The molecule has 0 unspecified atom stereocenters. The summed E-state index contributed by atoms with van der Waals surface area (Å²) in [7, 11) is 2.04. The zero-order valence-corrected chi connectivity index (χ0v) is 9.26. The van der Waals surface area contributed by atoms with Gasteiger partial charge in [0.25, 0.3) is 0 Å². The number of pyridine rings is 1. The molecule has 2 rings (SSSR count). The van der Waals surface area contributed by atoms with Crippen molar-refractivity contribution in [3.05, 3.63) is 28.5 Å². The van der Waals surface area contributed by atoms with Gasteiger partial charge in [-0.05, 0) is 53.9 Å². The molecule has 1 aromatic heterocycles. The first kappa shape index (κ1) is 9.16. The second-order valence-electron chi connectivity index (χ2n) is 3.66. The van der Waals surface area contributed by atoms with Crippen LogP contribution in [0.15, 0.2) is 22.9 Å². The van der Waals surface area contributed by atoms with E-state index in [0.717, 1.165) is 11.0 Å². The number of rotatable bonds is 3. The van der Waals surface area contributed by atoms with E-state index in [4.69, 9.17) is 0 Å². The fourth-order valence-electron chi connectivity index (χ4n) is 1.58. The summed E-state index contributed by atoms with van der Waals surface area (Å²) in [5.74, 6) is 0. The van der Waals surface area contributed by atoms with Crippen molar-refractivity contribution in [1.82, 2.24) is 10.3 Å². The highest BCUT2D eigenvalue weighted by Crippen LogP contribution is 2.38. The van der Waals surface area contributed by atoms with Gasteiger partial charge in [0.2, 0.25) is 0 Å². The van der Waals surface area contributed by atoms with Crippen molar-refractivity contribution in [3.63, 3.8) is 0 Å². The summed E-state index contributed by atoms with van der Waals surface area (Å²) in [6.07, 6.45) is 5.46. The van der Waals surface area contributed by atoms with E-state index in [9.17, 15) is 0 Å². The summed E-state index contributed by atoms with van der Waals surface area (Å²) in [6.45, 7) is 0. The lowest BCUT2D eigenvalue weighted by Crippen LogP contribution is -2.29. The van der Waals surface area contributed by atoms with Crippen LogP contribution >= 0.6 is 15.9 Å². The molecule has 0 spiro atoms. The van der Waals surface area contributed by atoms with Gasteiger partial charge in [-0.1, -0.05) is 6.07 Å². The maximum absolute atomic E-state index is 4.21. The molecule has 3 heteroatoms. The standard InChI is InChI=1S/C10H13BrN2/c1-12-10(4-5-10)7-8-3-2-6-13-9(8)11/h2-3,6,12H,4-5,7H2,1H3. The molecular formula is C10H13BrN2. The van der Waals surface area contributed by atoms with Crippen molar-refractivity contribution in [1.29, 1.82) is 0 Å². The van der Waals surface area contributed by atoms with Gasteiger partial charge >= 0.3 is 0 Å². The minimum absolute atomic E-state index is 0.367. The minimum Gasteiger partial charge on any atom is -0.314 e. The number of aromatic nitrogens is 1. The predicted octanol–water partition coefficient (Wildman–Crippen LogP) is 2.14. The lowest BCUT2D eigenvalue weighted by molar-refractivity contribution is 0.547. The Bertz CT molecular complexity index is 308. The van der Waals surface area contributed by atoms with Crippen LogP contribution in [0.25, 0.3) is 0 Å². The molecule has 0 radical (unpaired) electrons. The van der Waals surface area contributed by atoms with Gasteiger partial charge in [-0.2, -0.15) is 0 Å². The number of halogens is 1. The van der Waals surface area contributed by atoms with Gasteiger partial charge in [0.1, 0.15) is 4.60 Å². The molecule has 0 aliphatic heterocycles. The molecule has 70 valence electrons. The van der Waals surface area contributed by atoms with E-state index in [-0.39, 0.29) is 0 Å². The first-order chi connectivity index (χ1) is 6.26. The Hall–Kier alpha value is -0.410. The Kier molecular flexibility index (Phi) is 2.39. The topological polar surface area (TPSA) is 24.9 Å². The van der Waals surface area contributed by atoms with E-state index in [1.807, 2.05) is 19.3 Å². The Morgan fingerprint density at radius 3 is 2.92 bits per heavy atom. The largest absolute Gasteiger partial charge is 0.314 e. The van der Waals surface area contributed by atoms with Crippen molar-refractivity contribution >= 4 is 15.9 Å². The zero-order valence-electron chi connectivity index (χ0n) is 7.68. The van der Waals surface area contributed by atoms with Gasteiger partial charge < -0.3 is 5.32 Å². The molecule has 1 aliphatic carbocycles. The molecule has 0 atom stereocenters. The minimum atomic E-state index is 0.367. The molecule has 2 nitrogen and oxygen atoms in total. The molecule has 1 saturated carbocycles. The third kappa shape index (κ3) is 1.92. The average molecular weight is 241 g/mol. The lowest BCUT2D eigenvalue weighted by Gasteiger charge is -2.14. The van der Waals surface area contributed by atoms with Crippen molar-refractivity contribution < 1.29 is 0 Å². The molecule has 1 aliphatic rings. The summed E-state index contributed by atoms with van der Waals surface area (Å²) in [5.41, 5.74) is 1.67. The fraction of sp³-hybridized carbons (Fsp3) is 0.500. The second kappa shape index (κ2) is 3.39. The Balaban J connectivity index is 2.14. The predicted molar refractivity (Wildman–Crippen MR) is 56.7 cm³/mol. The Morgan fingerprint density at radius 2 is 2.38 bits per heavy atom. The van der Waals surface area contributed by atoms with Crippen LogP contribution < -0.4 is 5.32 Å². The normalized spacial score (nSPS) is 18.6. The maximum Gasteiger partial charge on any atom is 0.109 e. The van der Waals surface area contributed by atoms with E-state index < -0.39 is 0 Å². The molecule has 1 N–H and O–H groups in total. The van der Waals surface area contributed by atoms with Crippen LogP contribution in [-0.4, -0.2) is 17.6 Å². The van der Waals surface area contributed by atoms with E-state index in [2.05, 4.69) is 32.3 Å². The SMILES string of the molecule is CNC1(Cc2cccnc2Br)CC1. The Morgan fingerprint density at radius 1 is 1.62 bits per heavy atom. The summed E-state index contributed by atoms with van der Waals surface area (Å²) in [5, 5.41) is 3.38. The Labute approximate surface area is 86.9 Å². The number of likely N-dealkylation sites (N-methyl/N-ethyl adjacent to an activating group) is 1. The monoisotopic (exact) mass is 240 g/mol. The van der Waals surface area contributed by atoms with Crippen LogP contribution in [0.5, 0.6) is 0 Å². The molecular weight excluding hydrogens is 228 g/mol. The van der Waals surface area contributed by atoms with Crippen LogP contribution in [0.1, 0.15) is 18.4 Å². The third-order valence-electron chi connectivity index (χ3n) is 2.75. The van der Waals surface area contributed by atoms with Gasteiger partial charge in [0.15, 0.2) is 0 Å². The summed E-state index contributed by atoms with van der Waals surface area (Å²) in [6, 6.07) is 4.13. The van der Waals surface area contributed by atoms with E-state index in [1.54, 1.807) is 0 Å². The van der Waals surface area contributed by atoms with Gasteiger partial charge in [-0.25, -0.2) is 4.98 Å². The number of nitrogens with zero attached hydrogens (tertiary/aromatic N) is 1. The molecule has 13 heavy (non-hydrogen) atoms. The quantitative estimate of drug-likeness (QED) is 0.820. The van der Waals surface area contributed by atoms with Crippen LogP contribution in [0, 0.1) is 0 Å². The molecule has 1 heterocycles. The molecule has 1 fully saturated rings. The van der Waals surface area contributed by atoms with E-state index in [1.165, 1.54) is 18.4 Å². The second-order valence-corrected chi connectivity index (χ2v) is 4.41. The van der Waals surface area contributed by atoms with Gasteiger partial charge in [0.05, 0.1) is 0 Å². The fourth-order valence-corrected chi connectivity index (χ4v) is 1.97. The van der Waals surface area contributed by atoms with Gasteiger partial charge in [-0.15, -0.1) is 0 Å². The molecule has 0 bridgehead atoms. The van der Waals surface area contributed by atoms with E-state index in [0.29, 0.717) is 5.54 Å². The highest BCUT2D eigenvalue weighted by atomic mass is 79.9. The average Bonchev–Trinajstić information content (AvgIpc) is 2.90. The number of hydrogen-bond donors (Lipinski definition) is 1. The van der Waals surface area contributed by atoms with Crippen molar-refractivity contribution in [2.75, 3.05) is 7.05 Å². The first-order valence-electron chi connectivity index (χ1n) is 4.54. The molecule has 0 aromatic carbocycles. The van der Waals surface area contributed by atoms with Crippen molar-refractivity contribution in [2.45, 2.75) is 24.8 Å². The van der Waals surface area contributed by atoms with Crippen LogP contribution in [-0.2, 0) is 6.42 Å². The zero-order chi connectivity index (χ0) is 9.31. The van der Waals surface area contributed by atoms with Crippen molar-refractivity contribution in [2.24, 2.45) is 0 Å². The van der Waals surface area contributed by atoms with Crippen LogP contribution in [0.3, 0.4) is 0 Å². The smallest absolute Gasteiger partial charge is 0.109 e. The number of nitrogens with one attached hydrogen (secondary N) is 1. The molecule has 0 saturated heterocycles. The summed E-state index contributed by atoms with van der Waals surface area (Å²) in [4.78, 5) is 4.21. The van der Waals surface area contributed by atoms with E-state index >= 15 is 0 Å². The highest BCUT2D eigenvalue weighted by molar-refractivity contribution is 9.10. The van der Waals surface area contributed by atoms with Gasteiger partial charge in [-0.3, -0.25) is 0 Å². The van der Waals surface area contributed by atoms with Crippen LogP contribution in [0.2, 0.25) is 0 Å². The maximum atomic E-state index is 4.21. The summed E-state index contributed by atoms with van der Waals surface area (Å²) >= 11 is 3.47. The van der Waals surface area contributed by atoms with Crippen molar-refractivity contribution in [3.8, 4) is 0 Å². The highest BCUT2D eigenvalue weighted by Gasteiger charge is 2.41. The molecule has 1 aromatic rings. The molecule has 0 amide bonds. The van der Waals surface area contributed by atoms with Gasteiger partial charge in [0, 0.05) is 11.7 Å². The lowest BCUT2D eigenvalue weighted by atomic mass is 10.1. The summed E-state index contributed by atoms with van der Waals surface area (Å²) < 4.78 is 0.983. The first-order valence-corrected chi connectivity index (χ1v) is 5.33. The third-order valence-corrected chi connectivity index (χ3v) is 3.46.